The van der Waals surface area contributed by atoms with Crippen LogP contribution in [0.25, 0.3) is 0 Å². The van der Waals surface area contributed by atoms with E-state index < -0.39 is 0 Å². The lowest BCUT2D eigenvalue weighted by atomic mass is 10.0. The standard InChI is InChI=1S/C14H19ClN2O4/c1-14(7-16-8-14)21-6-13(18)17-10-4-9(15)11(19-2)5-12(10)20-3/h4-5,16H,6-8H2,1-3H3,(H,17,18). The molecule has 0 aliphatic carbocycles. The van der Waals surface area contributed by atoms with E-state index in [0.717, 1.165) is 13.1 Å². The summed E-state index contributed by atoms with van der Waals surface area (Å²) < 4.78 is 15.9. The van der Waals surface area contributed by atoms with Crippen molar-refractivity contribution in [3.8, 4) is 11.5 Å². The lowest BCUT2D eigenvalue weighted by Gasteiger charge is -2.38. The molecule has 21 heavy (non-hydrogen) atoms. The zero-order valence-corrected chi connectivity index (χ0v) is 13.0. The summed E-state index contributed by atoms with van der Waals surface area (Å²) in [6.45, 7) is 3.43. The fraction of sp³-hybridized carbons (Fsp3) is 0.500. The molecule has 1 aliphatic heterocycles. The lowest BCUT2D eigenvalue weighted by molar-refractivity contribution is -0.130. The number of rotatable bonds is 6. The number of amides is 1. The Labute approximate surface area is 128 Å². The molecule has 116 valence electrons. The SMILES string of the molecule is COc1cc(OC)c(NC(=O)COC2(C)CNC2)cc1Cl. The number of benzene rings is 1. The minimum absolute atomic E-state index is 0.0228. The van der Waals surface area contributed by atoms with Gasteiger partial charge in [0.1, 0.15) is 18.1 Å². The summed E-state index contributed by atoms with van der Waals surface area (Å²) in [7, 11) is 3.02. The number of carbonyl (C=O) groups excluding carboxylic acids is 1. The maximum Gasteiger partial charge on any atom is 0.250 e. The molecule has 1 amide bonds. The maximum atomic E-state index is 11.9. The molecular formula is C14H19ClN2O4. The second-order valence-electron chi connectivity index (χ2n) is 5.08. The summed E-state index contributed by atoms with van der Waals surface area (Å²) in [6, 6.07) is 3.21. The maximum absolute atomic E-state index is 11.9. The first-order chi connectivity index (χ1) is 9.97. The molecule has 1 fully saturated rings. The molecule has 0 atom stereocenters. The minimum atomic E-state index is -0.265. The van der Waals surface area contributed by atoms with Crippen molar-refractivity contribution in [2.75, 3.05) is 39.2 Å². The molecule has 1 heterocycles. The molecule has 2 rings (SSSR count). The van der Waals surface area contributed by atoms with Gasteiger partial charge in [0.25, 0.3) is 5.91 Å². The molecule has 0 unspecified atom stereocenters. The first-order valence-corrected chi connectivity index (χ1v) is 6.91. The monoisotopic (exact) mass is 314 g/mol. The Hall–Kier alpha value is -1.50. The second-order valence-corrected chi connectivity index (χ2v) is 5.48. The number of hydrogen-bond acceptors (Lipinski definition) is 5. The number of carbonyl (C=O) groups is 1. The fourth-order valence-corrected chi connectivity index (χ4v) is 2.20. The van der Waals surface area contributed by atoms with E-state index in [2.05, 4.69) is 10.6 Å². The Balaban J connectivity index is 2.01. The van der Waals surface area contributed by atoms with Gasteiger partial charge in [0, 0.05) is 19.2 Å². The van der Waals surface area contributed by atoms with E-state index in [1.807, 2.05) is 6.92 Å². The Kier molecular flexibility index (Phi) is 4.92. The number of halogens is 1. The number of methoxy groups -OCH3 is 2. The third-order valence-electron chi connectivity index (χ3n) is 3.30. The zero-order valence-electron chi connectivity index (χ0n) is 12.3. The predicted octanol–water partition coefficient (Wildman–Crippen LogP) is 1.67. The van der Waals surface area contributed by atoms with Gasteiger partial charge in [0.05, 0.1) is 30.5 Å². The van der Waals surface area contributed by atoms with Crippen LogP contribution in [0.5, 0.6) is 11.5 Å². The lowest BCUT2D eigenvalue weighted by Crippen LogP contribution is -2.59. The van der Waals surface area contributed by atoms with Crippen LogP contribution in [0, 0.1) is 0 Å². The quantitative estimate of drug-likeness (QED) is 0.836. The van der Waals surface area contributed by atoms with Gasteiger partial charge in [-0.1, -0.05) is 11.6 Å². The van der Waals surface area contributed by atoms with Crippen LogP contribution < -0.4 is 20.1 Å². The molecule has 1 aliphatic rings. The molecule has 7 heteroatoms. The molecule has 1 saturated heterocycles. The van der Waals surface area contributed by atoms with Crippen LogP contribution >= 0.6 is 11.6 Å². The Morgan fingerprint density at radius 1 is 1.33 bits per heavy atom. The largest absolute Gasteiger partial charge is 0.495 e. The van der Waals surface area contributed by atoms with Crippen LogP contribution in [0.2, 0.25) is 5.02 Å². The van der Waals surface area contributed by atoms with E-state index in [0.29, 0.717) is 22.2 Å². The van der Waals surface area contributed by atoms with Crippen LogP contribution in [0.4, 0.5) is 5.69 Å². The van der Waals surface area contributed by atoms with Crippen molar-refractivity contribution in [2.24, 2.45) is 0 Å². The molecule has 1 aromatic carbocycles. The number of hydrogen-bond donors (Lipinski definition) is 2. The van der Waals surface area contributed by atoms with Gasteiger partial charge < -0.3 is 24.8 Å². The highest BCUT2D eigenvalue weighted by Gasteiger charge is 2.33. The van der Waals surface area contributed by atoms with Crippen molar-refractivity contribution >= 4 is 23.2 Å². The molecular weight excluding hydrogens is 296 g/mol. The highest BCUT2D eigenvalue weighted by molar-refractivity contribution is 6.32. The molecule has 0 bridgehead atoms. The van der Waals surface area contributed by atoms with Gasteiger partial charge in [-0.05, 0) is 13.0 Å². The van der Waals surface area contributed by atoms with Crippen LogP contribution in [-0.2, 0) is 9.53 Å². The number of ether oxygens (including phenoxy) is 3. The van der Waals surface area contributed by atoms with E-state index in [9.17, 15) is 4.79 Å². The van der Waals surface area contributed by atoms with Crippen LogP contribution in [0.3, 0.4) is 0 Å². The van der Waals surface area contributed by atoms with Crippen molar-refractivity contribution in [3.05, 3.63) is 17.2 Å². The summed E-state index contributed by atoms with van der Waals surface area (Å²) in [5.41, 5.74) is 0.215. The van der Waals surface area contributed by atoms with Gasteiger partial charge in [-0.25, -0.2) is 0 Å². The molecule has 6 nitrogen and oxygen atoms in total. The van der Waals surface area contributed by atoms with Crippen LogP contribution in [0.15, 0.2) is 12.1 Å². The van der Waals surface area contributed by atoms with Crippen LogP contribution in [0.1, 0.15) is 6.92 Å². The molecule has 0 spiro atoms. The Morgan fingerprint density at radius 3 is 2.52 bits per heavy atom. The molecule has 0 radical (unpaired) electrons. The van der Waals surface area contributed by atoms with E-state index in [4.69, 9.17) is 25.8 Å². The third-order valence-corrected chi connectivity index (χ3v) is 3.59. The average molecular weight is 315 g/mol. The molecule has 0 aromatic heterocycles. The molecule has 1 aromatic rings. The van der Waals surface area contributed by atoms with E-state index in [-0.39, 0.29) is 18.1 Å². The summed E-state index contributed by atoms with van der Waals surface area (Å²) in [4.78, 5) is 11.9. The first-order valence-electron chi connectivity index (χ1n) is 6.53. The van der Waals surface area contributed by atoms with Crippen molar-refractivity contribution in [1.29, 1.82) is 0 Å². The van der Waals surface area contributed by atoms with Crippen molar-refractivity contribution in [3.63, 3.8) is 0 Å². The summed E-state index contributed by atoms with van der Waals surface area (Å²) >= 11 is 6.05. The van der Waals surface area contributed by atoms with Gasteiger partial charge >= 0.3 is 0 Å². The van der Waals surface area contributed by atoms with Crippen molar-refractivity contribution < 1.29 is 19.0 Å². The highest BCUT2D eigenvalue weighted by Crippen LogP contribution is 2.35. The topological polar surface area (TPSA) is 68.8 Å². The Morgan fingerprint density at radius 2 is 2.00 bits per heavy atom. The first kappa shape index (κ1) is 15.9. The number of nitrogens with one attached hydrogen (secondary N) is 2. The van der Waals surface area contributed by atoms with E-state index >= 15 is 0 Å². The fourth-order valence-electron chi connectivity index (χ4n) is 1.96. The van der Waals surface area contributed by atoms with E-state index in [1.54, 1.807) is 12.1 Å². The predicted molar refractivity (Wildman–Crippen MR) is 80.4 cm³/mol. The smallest absolute Gasteiger partial charge is 0.250 e. The summed E-state index contributed by atoms with van der Waals surface area (Å²) in [6.07, 6.45) is 0. The van der Waals surface area contributed by atoms with Crippen LogP contribution in [-0.4, -0.2) is 45.4 Å². The highest BCUT2D eigenvalue weighted by atomic mass is 35.5. The van der Waals surface area contributed by atoms with Gasteiger partial charge in [-0.2, -0.15) is 0 Å². The van der Waals surface area contributed by atoms with Crippen molar-refractivity contribution in [2.45, 2.75) is 12.5 Å². The molecule has 0 saturated carbocycles. The third kappa shape index (κ3) is 3.78. The van der Waals surface area contributed by atoms with E-state index in [1.165, 1.54) is 14.2 Å². The second kappa shape index (κ2) is 6.51. The normalized spacial score (nSPS) is 16.0. The number of anilines is 1. The average Bonchev–Trinajstić information content (AvgIpc) is 2.43. The zero-order chi connectivity index (χ0) is 15.5. The summed E-state index contributed by atoms with van der Waals surface area (Å²) in [5.74, 6) is 0.694. The minimum Gasteiger partial charge on any atom is -0.495 e. The van der Waals surface area contributed by atoms with Gasteiger partial charge in [0.15, 0.2) is 0 Å². The summed E-state index contributed by atoms with van der Waals surface area (Å²) in [5, 5.41) is 6.22. The molecule has 2 N–H and O–H groups in total. The van der Waals surface area contributed by atoms with Crippen molar-refractivity contribution in [1.82, 2.24) is 5.32 Å². The van der Waals surface area contributed by atoms with Gasteiger partial charge in [0.2, 0.25) is 0 Å². The Bertz CT molecular complexity index is 532. The van der Waals surface area contributed by atoms with Gasteiger partial charge in [-0.15, -0.1) is 0 Å². The van der Waals surface area contributed by atoms with Gasteiger partial charge in [-0.3, -0.25) is 4.79 Å².